The zero-order chi connectivity index (χ0) is 22.4. The summed E-state index contributed by atoms with van der Waals surface area (Å²) in [5.41, 5.74) is -0.500. The third kappa shape index (κ3) is 5.75. The molecule has 0 aliphatic rings. The van der Waals surface area contributed by atoms with Crippen molar-refractivity contribution in [2.24, 2.45) is 0 Å². The van der Waals surface area contributed by atoms with Crippen LogP contribution >= 0.6 is 11.6 Å². The molecule has 0 aliphatic carbocycles. The Hall–Kier alpha value is -3.51. The number of benzene rings is 2. The Bertz CT molecular complexity index is 970. The second-order valence-corrected chi connectivity index (χ2v) is 6.74. The van der Waals surface area contributed by atoms with E-state index in [-0.39, 0.29) is 36.0 Å². The van der Waals surface area contributed by atoms with E-state index >= 15 is 0 Å². The second kappa shape index (κ2) is 9.80. The van der Waals surface area contributed by atoms with E-state index in [0.29, 0.717) is 5.69 Å². The van der Waals surface area contributed by atoms with Crippen molar-refractivity contribution in [3.63, 3.8) is 0 Å². The van der Waals surface area contributed by atoms with E-state index in [1.807, 2.05) is 0 Å². The van der Waals surface area contributed by atoms with Gasteiger partial charge in [-0.25, -0.2) is 0 Å². The summed E-state index contributed by atoms with van der Waals surface area (Å²) < 4.78 is 0. The Kier molecular flexibility index (Phi) is 7.44. The molecule has 0 amide bonds. The van der Waals surface area contributed by atoms with Gasteiger partial charge in [-0.15, -0.1) is 0 Å². The van der Waals surface area contributed by atoms with Crippen molar-refractivity contribution in [2.75, 3.05) is 29.9 Å². The van der Waals surface area contributed by atoms with Gasteiger partial charge in [0.25, 0.3) is 17.1 Å². The Morgan fingerprint density at radius 2 is 1.63 bits per heavy atom. The average molecular weight is 440 g/mol. The largest absolute Gasteiger partial charge is 0.392 e. The first-order valence-corrected chi connectivity index (χ1v) is 9.01. The van der Waals surface area contributed by atoms with Crippen LogP contribution in [0.1, 0.15) is 6.92 Å². The van der Waals surface area contributed by atoms with E-state index in [4.69, 9.17) is 11.6 Å². The van der Waals surface area contributed by atoms with Crippen LogP contribution in [0.5, 0.6) is 0 Å². The van der Waals surface area contributed by atoms with Gasteiger partial charge >= 0.3 is 0 Å². The molecule has 12 nitrogen and oxygen atoms in total. The Morgan fingerprint density at radius 1 is 1.03 bits per heavy atom. The highest BCUT2D eigenvalue weighted by Gasteiger charge is 2.24. The summed E-state index contributed by atoms with van der Waals surface area (Å²) >= 11 is 6.03. The maximum absolute atomic E-state index is 11.4. The molecule has 2 aromatic rings. The fraction of sp³-hybridized carbons (Fsp3) is 0.294. The van der Waals surface area contributed by atoms with E-state index in [1.54, 1.807) is 0 Å². The third-order valence-electron chi connectivity index (χ3n) is 4.05. The van der Waals surface area contributed by atoms with Gasteiger partial charge in [-0.05, 0) is 19.1 Å². The molecule has 0 bridgehead atoms. The van der Waals surface area contributed by atoms with Crippen LogP contribution in [0.25, 0.3) is 0 Å². The Balaban J connectivity index is 2.22. The molecule has 0 unspecified atom stereocenters. The minimum atomic E-state index is -0.831. The summed E-state index contributed by atoms with van der Waals surface area (Å²) in [5, 5.41) is 46.0. The number of nitrogens with zero attached hydrogens (tertiary/aromatic N) is 4. The van der Waals surface area contributed by atoms with Gasteiger partial charge in [0.2, 0.25) is 0 Å². The maximum atomic E-state index is 11.4. The van der Waals surface area contributed by atoms with Crippen molar-refractivity contribution in [3.05, 3.63) is 71.8 Å². The minimum Gasteiger partial charge on any atom is -0.392 e. The molecule has 2 N–H and O–H groups in total. The molecule has 1 atom stereocenters. The Morgan fingerprint density at radius 3 is 2.17 bits per heavy atom. The van der Waals surface area contributed by atoms with Gasteiger partial charge in [0.05, 0.1) is 37.7 Å². The number of halogens is 1. The van der Waals surface area contributed by atoms with Crippen molar-refractivity contribution in [3.8, 4) is 0 Å². The molecule has 0 saturated carbocycles. The molecule has 160 valence electrons. The molecule has 0 spiro atoms. The first kappa shape index (κ1) is 22.8. The molecule has 2 aromatic carbocycles. The predicted octanol–water partition coefficient (Wildman–Crippen LogP) is 3.36. The molecular formula is C17H18ClN5O7. The fourth-order valence-electron chi connectivity index (χ4n) is 2.75. The zero-order valence-corrected chi connectivity index (χ0v) is 16.5. The Labute approximate surface area is 175 Å². The van der Waals surface area contributed by atoms with E-state index in [1.165, 1.54) is 36.1 Å². The maximum Gasteiger partial charge on any atom is 0.299 e. The topological polar surface area (TPSA) is 165 Å². The zero-order valence-electron chi connectivity index (χ0n) is 15.7. The van der Waals surface area contributed by atoms with Gasteiger partial charge in [-0.2, -0.15) is 0 Å². The predicted molar refractivity (Wildman–Crippen MR) is 110 cm³/mol. The van der Waals surface area contributed by atoms with Crippen LogP contribution in [0.3, 0.4) is 0 Å². The van der Waals surface area contributed by atoms with Gasteiger partial charge in [-0.3, -0.25) is 30.3 Å². The van der Waals surface area contributed by atoms with Gasteiger partial charge in [0.15, 0.2) is 0 Å². The standard InChI is InChI=1S/C17H18ClN5O7/c1-11(24)10-20(16-5-3-13(22(27)28)9-17(16)23(29)30)7-6-19-15-4-2-12(21(25)26)8-14(15)18/h2-5,8-9,11,19,24H,6-7,10H2,1H3/t11-/m1/s1. The van der Waals surface area contributed by atoms with E-state index < -0.39 is 32.2 Å². The lowest BCUT2D eigenvalue weighted by Gasteiger charge is -2.26. The summed E-state index contributed by atoms with van der Waals surface area (Å²) in [5.74, 6) is 0. The normalized spacial score (nSPS) is 11.6. The van der Waals surface area contributed by atoms with Crippen LogP contribution in [0.2, 0.25) is 5.02 Å². The van der Waals surface area contributed by atoms with Crippen molar-refractivity contribution in [1.82, 2.24) is 0 Å². The molecule has 2 rings (SSSR count). The SMILES string of the molecule is C[C@@H](O)CN(CCNc1ccc([N+](=O)[O-])cc1Cl)c1ccc([N+](=O)[O-])cc1[N+](=O)[O-]. The van der Waals surface area contributed by atoms with Crippen LogP contribution in [-0.2, 0) is 0 Å². The summed E-state index contributed by atoms with van der Waals surface area (Å²) in [7, 11) is 0. The third-order valence-corrected chi connectivity index (χ3v) is 4.37. The second-order valence-electron chi connectivity index (χ2n) is 6.33. The van der Waals surface area contributed by atoms with Crippen LogP contribution < -0.4 is 10.2 Å². The number of nitro groups is 3. The summed E-state index contributed by atoms with van der Waals surface area (Å²) in [6, 6.07) is 7.19. The molecule has 0 fully saturated rings. The molecule has 0 saturated heterocycles. The molecule has 0 heterocycles. The number of rotatable bonds is 10. The number of nitrogens with one attached hydrogen (secondary N) is 1. The number of anilines is 2. The van der Waals surface area contributed by atoms with Gasteiger partial charge in [0.1, 0.15) is 5.69 Å². The van der Waals surface area contributed by atoms with Gasteiger partial charge in [-0.1, -0.05) is 11.6 Å². The number of hydrogen-bond acceptors (Lipinski definition) is 9. The lowest BCUT2D eigenvalue weighted by molar-refractivity contribution is -0.393. The van der Waals surface area contributed by atoms with Crippen molar-refractivity contribution in [2.45, 2.75) is 13.0 Å². The molecule has 0 aliphatic heterocycles. The fourth-order valence-corrected chi connectivity index (χ4v) is 3.00. The molecule has 30 heavy (non-hydrogen) atoms. The average Bonchev–Trinajstić information content (AvgIpc) is 2.67. The lowest BCUT2D eigenvalue weighted by atomic mass is 10.2. The number of nitro benzene ring substituents is 3. The summed E-state index contributed by atoms with van der Waals surface area (Å²) in [4.78, 5) is 32.6. The minimum absolute atomic E-state index is 0.0360. The van der Waals surface area contributed by atoms with Crippen molar-refractivity contribution < 1.29 is 19.9 Å². The molecule has 0 aromatic heterocycles. The van der Waals surface area contributed by atoms with E-state index in [2.05, 4.69) is 5.32 Å². The monoisotopic (exact) mass is 439 g/mol. The number of aliphatic hydroxyl groups is 1. The molecular weight excluding hydrogens is 422 g/mol. The first-order valence-electron chi connectivity index (χ1n) is 8.63. The highest BCUT2D eigenvalue weighted by Crippen LogP contribution is 2.32. The van der Waals surface area contributed by atoms with E-state index in [0.717, 1.165) is 12.1 Å². The number of hydrogen-bond donors (Lipinski definition) is 2. The lowest BCUT2D eigenvalue weighted by Crippen LogP contribution is -2.35. The molecule has 13 heteroatoms. The summed E-state index contributed by atoms with van der Waals surface area (Å²) in [6.07, 6.45) is -0.831. The molecule has 0 radical (unpaired) electrons. The van der Waals surface area contributed by atoms with Crippen molar-refractivity contribution >= 4 is 40.0 Å². The van der Waals surface area contributed by atoms with E-state index in [9.17, 15) is 35.4 Å². The highest BCUT2D eigenvalue weighted by molar-refractivity contribution is 6.33. The smallest absolute Gasteiger partial charge is 0.299 e. The van der Waals surface area contributed by atoms with Crippen molar-refractivity contribution in [1.29, 1.82) is 0 Å². The van der Waals surface area contributed by atoms with Crippen LogP contribution in [0.15, 0.2) is 36.4 Å². The first-order chi connectivity index (χ1) is 14.1. The van der Waals surface area contributed by atoms with Crippen LogP contribution in [0.4, 0.5) is 28.4 Å². The summed E-state index contributed by atoms with van der Waals surface area (Å²) in [6.45, 7) is 1.94. The quantitative estimate of drug-likeness (QED) is 0.416. The highest BCUT2D eigenvalue weighted by atomic mass is 35.5. The van der Waals surface area contributed by atoms with Crippen LogP contribution in [-0.4, -0.2) is 45.6 Å². The van der Waals surface area contributed by atoms with Gasteiger partial charge < -0.3 is 15.3 Å². The van der Waals surface area contributed by atoms with Crippen LogP contribution in [0, 0.1) is 30.3 Å². The number of aliphatic hydroxyl groups excluding tert-OH is 1. The number of non-ortho nitro benzene ring substituents is 2. The van der Waals surface area contributed by atoms with Gasteiger partial charge in [0, 0.05) is 37.8 Å².